The molecule has 5 nitrogen and oxygen atoms in total. The van der Waals surface area contributed by atoms with Crippen LogP contribution in [0.5, 0.6) is 0 Å². The molecule has 0 aliphatic heterocycles. The number of rotatable bonds is 7. The second-order valence-electron chi connectivity index (χ2n) is 4.56. The Morgan fingerprint density at radius 2 is 1.90 bits per heavy atom. The molecule has 0 saturated carbocycles. The topological polar surface area (TPSA) is 78.4 Å². The molecule has 0 bridgehead atoms. The van der Waals surface area contributed by atoms with Gasteiger partial charge in [0.2, 0.25) is 0 Å². The van der Waals surface area contributed by atoms with Crippen molar-refractivity contribution in [2.24, 2.45) is 0 Å². The van der Waals surface area contributed by atoms with E-state index >= 15 is 0 Å². The van der Waals surface area contributed by atoms with E-state index in [4.69, 9.17) is 5.11 Å². The van der Waals surface area contributed by atoms with Crippen LogP contribution in [0.2, 0.25) is 0 Å². The lowest BCUT2D eigenvalue weighted by atomic mass is 10.1. The average Bonchev–Trinajstić information content (AvgIpc) is 2.43. The Hall–Kier alpha value is -1.76. The first kappa shape index (κ1) is 17.3. The van der Waals surface area contributed by atoms with Crippen LogP contribution in [0, 0.1) is 5.82 Å². The summed E-state index contributed by atoms with van der Waals surface area (Å²) in [6.07, 6.45) is 2.23. The summed E-state index contributed by atoms with van der Waals surface area (Å²) in [6.45, 7) is 1.74. The maximum Gasteiger partial charge on any atom is 0.326 e. The van der Waals surface area contributed by atoms with Crippen molar-refractivity contribution in [1.29, 1.82) is 0 Å². The number of carboxylic acid groups (broad SMARTS) is 1. The summed E-state index contributed by atoms with van der Waals surface area (Å²) in [5.41, 5.74) is 0.738. The van der Waals surface area contributed by atoms with Gasteiger partial charge in [-0.25, -0.2) is 14.0 Å². The largest absolute Gasteiger partial charge is 0.480 e. The van der Waals surface area contributed by atoms with E-state index < -0.39 is 18.0 Å². The lowest BCUT2D eigenvalue weighted by Gasteiger charge is -2.18. The van der Waals surface area contributed by atoms with Crippen molar-refractivity contribution in [2.75, 3.05) is 12.0 Å². The Balaban J connectivity index is 2.54. The summed E-state index contributed by atoms with van der Waals surface area (Å²) in [5, 5.41) is 14.1. The summed E-state index contributed by atoms with van der Waals surface area (Å²) >= 11 is 1.52. The fourth-order valence-electron chi connectivity index (χ4n) is 1.72. The van der Waals surface area contributed by atoms with E-state index in [-0.39, 0.29) is 11.9 Å². The number of benzene rings is 1. The van der Waals surface area contributed by atoms with Crippen LogP contribution in [0.25, 0.3) is 0 Å². The molecule has 2 unspecified atom stereocenters. The van der Waals surface area contributed by atoms with Crippen molar-refractivity contribution in [3.05, 3.63) is 35.6 Å². The van der Waals surface area contributed by atoms with Gasteiger partial charge in [-0.1, -0.05) is 12.1 Å². The van der Waals surface area contributed by atoms with Gasteiger partial charge in [0, 0.05) is 0 Å². The van der Waals surface area contributed by atoms with Crippen LogP contribution in [-0.2, 0) is 4.79 Å². The average molecular weight is 314 g/mol. The SMILES string of the molecule is CSCCC(NC(=O)NC(C)c1ccc(F)cc1)C(=O)O. The van der Waals surface area contributed by atoms with Crippen molar-refractivity contribution >= 4 is 23.8 Å². The highest BCUT2D eigenvalue weighted by molar-refractivity contribution is 7.98. The summed E-state index contributed by atoms with van der Waals surface area (Å²) in [5.74, 6) is -0.767. The molecule has 1 aromatic carbocycles. The van der Waals surface area contributed by atoms with Gasteiger partial charge in [-0.2, -0.15) is 11.8 Å². The summed E-state index contributed by atoms with van der Waals surface area (Å²) in [4.78, 5) is 22.8. The number of aliphatic carboxylic acids is 1. The Bertz CT molecular complexity index is 482. The van der Waals surface area contributed by atoms with Crippen LogP contribution in [0.1, 0.15) is 24.9 Å². The van der Waals surface area contributed by atoms with Gasteiger partial charge in [0.05, 0.1) is 6.04 Å². The van der Waals surface area contributed by atoms with Gasteiger partial charge in [0.15, 0.2) is 0 Å². The van der Waals surface area contributed by atoms with E-state index in [9.17, 15) is 14.0 Å². The van der Waals surface area contributed by atoms with Crippen LogP contribution in [0.15, 0.2) is 24.3 Å². The molecule has 7 heteroatoms. The monoisotopic (exact) mass is 314 g/mol. The first-order valence-electron chi connectivity index (χ1n) is 6.48. The second kappa shape index (κ2) is 8.51. The molecule has 21 heavy (non-hydrogen) atoms. The van der Waals surface area contributed by atoms with Crippen LogP contribution in [-0.4, -0.2) is 35.2 Å². The Morgan fingerprint density at radius 1 is 1.29 bits per heavy atom. The Morgan fingerprint density at radius 3 is 2.43 bits per heavy atom. The minimum absolute atomic E-state index is 0.347. The molecule has 0 aliphatic carbocycles. The maximum atomic E-state index is 12.8. The minimum atomic E-state index is -1.06. The third-order valence-corrected chi connectivity index (χ3v) is 3.58. The molecular weight excluding hydrogens is 295 g/mol. The molecule has 116 valence electrons. The van der Waals surface area contributed by atoms with Crippen molar-refractivity contribution in [3.63, 3.8) is 0 Å². The van der Waals surface area contributed by atoms with Gasteiger partial charge >= 0.3 is 12.0 Å². The molecule has 1 rings (SSSR count). The fourth-order valence-corrected chi connectivity index (χ4v) is 2.20. The lowest BCUT2D eigenvalue weighted by Crippen LogP contribution is -2.46. The van der Waals surface area contributed by atoms with Gasteiger partial charge in [-0.15, -0.1) is 0 Å². The van der Waals surface area contributed by atoms with Crippen molar-refractivity contribution in [1.82, 2.24) is 10.6 Å². The summed E-state index contributed by atoms with van der Waals surface area (Å²) < 4.78 is 12.8. The molecule has 2 atom stereocenters. The van der Waals surface area contributed by atoms with E-state index in [0.29, 0.717) is 12.2 Å². The number of carbonyl (C=O) groups excluding carboxylic acids is 1. The maximum absolute atomic E-state index is 12.8. The number of thioether (sulfide) groups is 1. The number of urea groups is 1. The quantitative estimate of drug-likeness (QED) is 0.722. The first-order chi connectivity index (χ1) is 9.93. The highest BCUT2D eigenvalue weighted by Gasteiger charge is 2.20. The van der Waals surface area contributed by atoms with E-state index in [1.165, 1.54) is 23.9 Å². The highest BCUT2D eigenvalue weighted by Crippen LogP contribution is 2.12. The van der Waals surface area contributed by atoms with E-state index in [0.717, 1.165) is 5.56 Å². The summed E-state index contributed by atoms with van der Waals surface area (Å²) in [6, 6.07) is 3.94. The normalized spacial score (nSPS) is 13.3. The van der Waals surface area contributed by atoms with E-state index in [2.05, 4.69) is 10.6 Å². The number of carbonyl (C=O) groups is 2. The van der Waals surface area contributed by atoms with Gasteiger partial charge in [-0.05, 0) is 43.0 Å². The number of carboxylic acids is 1. The smallest absolute Gasteiger partial charge is 0.326 e. The number of amides is 2. The predicted molar refractivity (Wildman–Crippen MR) is 80.9 cm³/mol. The summed E-state index contributed by atoms with van der Waals surface area (Å²) in [7, 11) is 0. The molecule has 0 aromatic heterocycles. The van der Waals surface area contributed by atoms with Gasteiger partial charge in [0.1, 0.15) is 11.9 Å². The van der Waals surface area contributed by atoms with Crippen LogP contribution < -0.4 is 10.6 Å². The molecule has 0 fully saturated rings. The number of hydrogen-bond acceptors (Lipinski definition) is 3. The molecule has 2 amide bonds. The van der Waals surface area contributed by atoms with E-state index in [1.54, 1.807) is 19.1 Å². The van der Waals surface area contributed by atoms with Crippen molar-refractivity contribution in [3.8, 4) is 0 Å². The molecule has 0 aliphatic rings. The predicted octanol–water partition coefficient (Wildman–Crippen LogP) is 2.39. The van der Waals surface area contributed by atoms with Crippen molar-refractivity contribution < 1.29 is 19.1 Å². The van der Waals surface area contributed by atoms with E-state index in [1.807, 2.05) is 6.26 Å². The Kier molecular flexibility index (Phi) is 7.01. The molecule has 0 saturated heterocycles. The van der Waals surface area contributed by atoms with Gasteiger partial charge in [-0.3, -0.25) is 0 Å². The zero-order valence-corrected chi connectivity index (χ0v) is 12.7. The third kappa shape index (κ3) is 6.03. The molecular formula is C14H19FN2O3S. The third-order valence-electron chi connectivity index (χ3n) is 2.93. The standard InChI is InChI=1S/C14H19FN2O3S/c1-9(10-3-5-11(15)6-4-10)16-14(20)17-12(13(18)19)7-8-21-2/h3-6,9,12H,7-8H2,1-2H3,(H,18,19)(H2,16,17,20). The molecule has 0 spiro atoms. The molecule has 1 aromatic rings. The second-order valence-corrected chi connectivity index (χ2v) is 5.55. The number of nitrogens with one attached hydrogen (secondary N) is 2. The zero-order chi connectivity index (χ0) is 15.8. The number of halogens is 1. The molecule has 3 N–H and O–H groups in total. The molecule has 0 radical (unpaired) electrons. The lowest BCUT2D eigenvalue weighted by molar-refractivity contribution is -0.139. The first-order valence-corrected chi connectivity index (χ1v) is 7.87. The fraction of sp³-hybridized carbons (Fsp3) is 0.429. The van der Waals surface area contributed by atoms with Crippen LogP contribution in [0.3, 0.4) is 0 Å². The van der Waals surface area contributed by atoms with Crippen LogP contribution >= 0.6 is 11.8 Å². The zero-order valence-electron chi connectivity index (χ0n) is 11.9. The Labute approximate surface area is 127 Å². The molecule has 0 heterocycles. The van der Waals surface area contributed by atoms with Crippen LogP contribution in [0.4, 0.5) is 9.18 Å². The minimum Gasteiger partial charge on any atom is -0.480 e. The number of hydrogen-bond donors (Lipinski definition) is 3. The van der Waals surface area contributed by atoms with Gasteiger partial charge < -0.3 is 15.7 Å². The highest BCUT2D eigenvalue weighted by atomic mass is 32.2. The van der Waals surface area contributed by atoms with Crippen molar-refractivity contribution in [2.45, 2.75) is 25.4 Å². The van der Waals surface area contributed by atoms with Gasteiger partial charge in [0.25, 0.3) is 0 Å².